The van der Waals surface area contributed by atoms with Crippen molar-refractivity contribution in [2.75, 3.05) is 13.2 Å². The van der Waals surface area contributed by atoms with Crippen molar-refractivity contribution in [2.45, 2.75) is 13.5 Å². The van der Waals surface area contributed by atoms with Gasteiger partial charge in [0.2, 0.25) is 0 Å². The lowest BCUT2D eigenvalue weighted by atomic mass is 10.2. The largest absolute Gasteiger partial charge is 0.380 e. The summed E-state index contributed by atoms with van der Waals surface area (Å²) in [5, 5.41) is 0.781. The van der Waals surface area contributed by atoms with E-state index in [2.05, 4.69) is 4.99 Å². The van der Waals surface area contributed by atoms with Gasteiger partial charge in [-0.2, -0.15) is 4.99 Å². The minimum absolute atomic E-state index is 0.294. The van der Waals surface area contributed by atoms with E-state index in [0.717, 1.165) is 10.2 Å². The van der Waals surface area contributed by atoms with E-state index in [1.54, 1.807) is 12.1 Å². The number of ether oxygens (including phenoxy) is 1. The minimum Gasteiger partial charge on any atom is -0.380 e. The van der Waals surface area contributed by atoms with Crippen LogP contribution in [0.5, 0.6) is 0 Å². The molecule has 0 saturated carbocycles. The van der Waals surface area contributed by atoms with Crippen molar-refractivity contribution in [1.29, 1.82) is 0 Å². The Bertz CT molecular complexity index is 979. The first-order valence-electron chi connectivity index (χ1n) is 7.80. The molecule has 0 spiro atoms. The molecular weight excluding hydrogens is 379 g/mol. The molecule has 0 saturated heterocycles. The van der Waals surface area contributed by atoms with Crippen LogP contribution in [0.15, 0.2) is 47.5 Å². The molecule has 1 aromatic heterocycles. The Kier molecular flexibility index (Phi) is 5.91. The molecular formula is C18H16Cl2N2O2S. The summed E-state index contributed by atoms with van der Waals surface area (Å²) in [6, 6.07) is 12.7. The number of aromatic nitrogens is 1. The van der Waals surface area contributed by atoms with Gasteiger partial charge < -0.3 is 9.30 Å². The first-order valence-corrected chi connectivity index (χ1v) is 9.37. The molecule has 0 unspecified atom stereocenters. The Hall–Kier alpha value is -1.66. The number of carbonyl (C=O) groups excluding carboxylic acids is 1. The first kappa shape index (κ1) is 18.1. The second-order valence-corrected chi connectivity index (χ2v) is 7.09. The van der Waals surface area contributed by atoms with E-state index in [1.165, 1.54) is 17.4 Å². The average Bonchev–Trinajstić information content (AvgIpc) is 2.94. The fourth-order valence-corrected chi connectivity index (χ4v) is 3.86. The van der Waals surface area contributed by atoms with Crippen LogP contribution in [-0.4, -0.2) is 23.7 Å². The normalized spacial score (nSPS) is 12.0. The Morgan fingerprint density at radius 1 is 1.24 bits per heavy atom. The summed E-state index contributed by atoms with van der Waals surface area (Å²) >= 11 is 13.5. The van der Waals surface area contributed by atoms with E-state index in [0.29, 0.717) is 40.2 Å². The fraction of sp³-hybridized carbons (Fsp3) is 0.222. The van der Waals surface area contributed by atoms with Crippen LogP contribution >= 0.6 is 34.5 Å². The van der Waals surface area contributed by atoms with E-state index in [1.807, 2.05) is 35.8 Å². The van der Waals surface area contributed by atoms with Gasteiger partial charge in [-0.25, -0.2) is 0 Å². The molecule has 0 aliphatic heterocycles. The summed E-state index contributed by atoms with van der Waals surface area (Å²) in [5.74, 6) is -0.413. The van der Waals surface area contributed by atoms with Gasteiger partial charge in [0.05, 0.1) is 27.4 Å². The summed E-state index contributed by atoms with van der Waals surface area (Å²) in [7, 11) is 0. The van der Waals surface area contributed by atoms with Crippen LogP contribution in [-0.2, 0) is 11.3 Å². The van der Waals surface area contributed by atoms with Crippen LogP contribution in [0.2, 0.25) is 10.0 Å². The Morgan fingerprint density at radius 2 is 2.04 bits per heavy atom. The topological polar surface area (TPSA) is 43.6 Å². The number of benzene rings is 2. The highest BCUT2D eigenvalue weighted by Crippen LogP contribution is 2.22. The monoisotopic (exact) mass is 394 g/mol. The molecule has 130 valence electrons. The number of carbonyl (C=O) groups is 1. The Balaban J connectivity index is 2.07. The van der Waals surface area contributed by atoms with E-state index < -0.39 is 5.91 Å². The maximum Gasteiger partial charge on any atom is 0.281 e. The van der Waals surface area contributed by atoms with Crippen LogP contribution in [0.4, 0.5) is 0 Å². The third-order valence-electron chi connectivity index (χ3n) is 3.61. The second kappa shape index (κ2) is 8.15. The number of nitrogens with zero attached hydrogens (tertiary/aromatic N) is 2. The molecule has 0 N–H and O–H groups in total. The molecule has 0 radical (unpaired) electrons. The molecule has 0 atom stereocenters. The molecule has 4 nitrogen and oxygen atoms in total. The lowest BCUT2D eigenvalue weighted by Gasteiger charge is -2.05. The van der Waals surface area contributed by atoms with Gasteiger partial charge in [0, 0.05) is 18.2 Å². The average molecular weight is 395 g/mol. The number of hydrogen-bond acceptors (Lipinski definition) is 3. The zero-order valence-corrected chi connectivity index (χ0v) is 15.9. The van der Waals surface area contributed by atoms with Gasteiger partial charge in [-0.05, 0) is 37.3 Å². The molecule has 0 aliphatic rings. The molecule has 1 heterocycles. The lowest BCUT2D eigenvalue weighted by molar-refractivity contribution is 0.0997. The molecule has 0 aliphatic carbocycles. The third-order valence-corrected chi connectivity index (χ3v) is 5.23. The highest BCUT2D eigenvalue weighted by molar-refractivity contribution is 7.16. The van der Waals surface area contributed by atoms with Gasteiger partial charge in [-0.3, -0.25) is 4.79 Å². The summed E-state index contributed by atoms with van der Waals surface area (Å²) < 4.78 is 8.50. The quantitative estimate of drug-likeness (QED) is 0.583. The standard InChI is InChI=1S/C18H16Cl2N2O2S/c1-2-24-10-9-22-15-5-3-4-6-16(15)25-18(22)21-17(23)13-11-12(19)7-8-14(13)20/h3-8,11H,2,9-10H2,1H3. The van der Waals surface area contributed by atoms with Gasteiger partial charge in [0.1, 0.15) is 0 Å². The maximum absolute atomic E-state index is 12.6. The van der Waals surface area contributed by atoms with Gasteiger partial charge >= 0.3 is 0 Å². The van der Waals surface area contributed by atoms with Crippen LogP contribution in [0.1, 0.15) is 17.3 Å². The lowest BCUT2D eigenvalue weighted by Crippen LogP contribution is -2.19. The predicted octanol–water partition coefficient (Wildman–Crippen LogP) is 4.79. The van der Waals surface area contributed by atoms with Crippen LogP contribution in [0.3, 0.4) is 0 Å². The summed E-state index contributed by atoms with van der Waals surface area (Å²) in [6.45, 7) is 3.77. The highest BCUT2D eigenvalue weighted by Gasteiger charge is 2.12. The second-order valence-electron chi connectivity index (χ2n) is 5.24. The molecule has 1 amide bonds. The number of para-hydroxylation sites is 1. The third kappa shape index (κ3) is 4.12. The number of fused-ring (bicyclic) bond motifs is 1. The highest BCUT2D eigenvalue weighted by atomic mass is 35.5. The van der Waals surface area contributed by atoms with Crippen molar-refractivity contribution in [2.24, 2.45) is 4.99 Å². The molecule has 2 aromatic carbocycles. The van der Waals surface area contributed by atoms with Crippen molar-refractivity contribution in [3.05, 3.63) is 62.9 Å². The fourth-order valence-electron chi connectivity index (χ4n) is 2.43. The molecule has 25 heavy (non-hydrogen) atoms. The van der Waals surface area contributed by atoms with Crippen molar-refractivity contribution >= 4 is 50.7 Å². The number of amides is 1. The van der Waals surface area contributed by atoms with Gasteiger partial charge in [0.25, 0.3) is 5.91 Å². The number of halogens is 2. The van der Waals surface area contributed by atoms with Crippen LogP contribution in [0, 0.1) is 0 Å². The number of thiazole rings is 1. The van der Waals surface area contributed by atoms with Crippen molar-refractivity contribution in [3.63, 3.8) is 0 Å². The summed E-state index contributed by atoms with van der Waals surface area (Å²) in [4.78, 5) is 17.5. The molecule has 0 fully saturated rings. The maximum atomic E-state index is 12.6. The van der Waals surface area contributed by atoms with Gasteiger partial charge in [-0.1, -0.05) is 46.7 Å². The SMILES string of the molecule is CCOCCn1c(=NC(=O)c2cc(Cl)ccc2Cl)sc2ccccc21. The van der Waals surface area contributed by atoms with E-state index in [9.17, 15) is 4.79 Å². The smallest absolute Gasteiger partial charge is 0.281 e. The Labute approximate surface area is 159 Å². The van der Waals surface area contributed by atoms with Crippen molar-refractivity contribution < 1.29 is 9.53 Å². The summed E-state index contributed by atoms with van der Waals surface area (Å²) in [5.41, 5.74) is 1.32. The van der Waals surface area contributed by atoms with Crippen molar-refractivity contribution in [3.8, 4) is 0 Å². The van der Waals surface area contributed by atoms with Gasteiger partial charge in [0.15, 0.2) is 4.80 Å². The first-order chi connectivity index (χ1) is 12.1. The van der Waals surface area contributed by atoms with Crippen LogP contribution in [0.25, 0.3) is 10.2 Å². The number of rotatable bonds is 5. The summed E-state index contributed by atoms with van der Waals surface area (Å²) in [6.07, 6.45) is 0. The van der Waals surface area contributed by atoms with Gasteiger partial charge in [-0.15, -0.1) is 0 Å². The molecule has 3 rings (SSSR count). The van der Waals surface area contributed by atoms with E-state index in [4.69, 9.17) is 27.9 Å². The number of hydrogen-bond donors (Lipinski definition) is 0. The zero-order chi connectivity index (χ0) is 17.8. The molecule has 3 aromatic rings. The Morgan fingerprint density at radius 3 is 2.84 bits per heavy atom. The van der Waals surface area contributed by atoms with Crippen molar-refractivity contribution in [1.82, 2.24) is 4.57 Å². The molecule has 7 heteroatoms. The van der Waals surface area contributed by atoms with E-state index in [-0.39, 0.29) is 0 Å². The minimum atomic E-state index is -0.413. The zero-order valence-electron chi connectivity index (χ0n) is 13.5. The predicted molar refractivity (Wildman–Crippen MR) is 103 cm³/mol. The molecule has 0 bridgehead atoms. The van der Waals surface area contributed by atoms with Crippen LogP contribution < -0.4 is 4.80 Å². The van der Waals surface area contributed by atoms with E-state index >= 15 is 0 Å².